The van der Waals surface area contributed by atoms with Gasteiger partial charge in [0.2, 0.25) is 11.7 Å². The number of carbonyl (C=O) groups excluding carboxylic acids is 1. The summed E-state index contributed by atoms with van der Waals surface area (Å²) in [5.41, 5.74) is 0. The van der Waals surface area contributed by atoms with Gasteiger partial charge in [-0.05, 0) is 0 Å². The highest BCUT2D eigenvalue weighted by atomic mass is 32.2. The number of hydrogen-bond donors (Lipinski definition) is 0. The monoisotopic (exact) mass is 294 g/mol. The Bertz CT molecular complexity index is 428. The Morgan fingerprint density at radius 3 is 2.89 bits per heavy atom. The number of halogens is 2. The summed E-state index contributed by atoms with van der Waals surface area (Å²) in [4.78, 5) is 14.9. The molecule has 2 rings (SSSR count). The van der Waals surface area contributed by atoms with E-state index in [4.69, 9.17) is 4.52 Å². The molecule has 100 valence electrons. The second-order valence-corrected chi connectivity index (χ2v) is 6.59. The molecule has 0 bridgehead atoms. The zero-order valence-electron chi connectivity index (χ0n) is 9.64. The zero-order chi connectivity index (χ0) is 13.1. The average molecular weight is 294 g/mol. The van der Waals surface area contributed by atoms with Gasteiger partial charge in [0, 0.05) is 16.8 Å². The van der Waals surface area contributed by atoms with Crippen molar-refractivity contribution in [3.8, 4) is 0 Å². The molecule has 1 saturated heterocycles. The highest BCUT2D eigenvalue weighted by Crippen LogP contribution is 2.41. The first-order chi connectivity index (χ1) is 8.58. The molecule has 1 aliphatic rings. The van der Waals surface area contributed by atoms with Crippen LogP contribution in [0.4, 0.5) is 8.78 Å². The van der Waals surface area contributed by atoms with Crippen LogP contribution in [0.15, 0.2) is 4.52 Å². The molecule has 1 fully saturated rings. The topological polar surface area (TPSA) is 56.0 Å². The molecular weight excluding hydrogens is 282 g/mol. The van der Waals surface area contributed by atoms with E-state index in [1.165, 1.54) is 0 Å². The van der Waals surface area contributed by atoms with Crippen LogP contribution in [-0.4, -0.2) is 39.1 Å². The molecule has 2 unspecified atom stereocenters. The summed E-state index contributed by atoms with van der Waals surface area (Å²) in [6.07, 6.45) is -3.48. The number of carbonyl (C=O) groups is 1. The second kappa shape index (κ2) is 6.01. The maximum Gasteiger partial charge on any atom is 0.296 e. The van der Waals surface area contributed by atoms with Gasteiger partial charge in [0.15, 0.2) is 5.82 Å². The van der Waals surface area contributed by atoms with E-state index in [1.54, 1.807) is 11.8 Å². The average Bonchev–Trinajstić information content (AvgIpc) is 2.77. The SMILES string of the molecule is CC1SCCSC1c1noc(CC(=O)C(F)F)n1. The van der Waals surface area contributed by atoms with Gasteiger partial charge in [0.05, 0.1) is 11.7 Å². The number of rotatable bonds is 4. The highest BCUT2D eigenvalue weighted by Gasteiger charge is 2.29. The zero-order valence-corrected chi connectivity index (χ0v) is 11.3. The first kappa shape index (κ1) is 13.8. The molecule has 0 aliphatic carbocycles. The lowest BCUT2D eigenvalue weighted by Crippen LogP contribution is -2.17. The van der Waals surface area contributed by atoms with Crippen LogP contribution in [0.1, 0.15) is 23.9 Å². The van der Waals surface area contributed by atoms with Crippen molar-refractivity contribution in [3.63, 3.8) is 0 Å². The number of thioether (sulfide) groups is 2. The Morgan fingerprint density at radius 2 is 2.22 bits per heavy atom. The normalized spacial score (nSPS) is 24.4. The summed E-state index contributed by atoms with van der Waals surface area (Å²) in [6.45, 7) is 2.07. The summed E-state index contributed by atoms with van der Waals surface area (Å²) in [6, 6.07) is 0. The third kappa shape index (κ3) is 3.23. The van der Waals surface area contributed by atoms with Crippen molar-refractivity contribution in [1.82, 2.24) is 10.1 Å². The van der Waals surface area contributed by atoms with Gasteiger partial charge in [-0.3, -0.25) is 4.79 Å². The molecule has 1 aromatic rings. The second-order valence-electron chi connectivity index (χ2n) is 3.86. The largest absolute Gasteiger partial charge is 0.339 e. The Morgan fingerprint density at radius 1 is 1.50 bits per heavy atom. The van der Waals surface area contributed by atoms with E-state index in [0.29, 0.717) is 11.1 Å². The molecule has 18 heavy (non-hydrogen) atoms. The molecule has 0 N–H and O–H groups in total. The number of ketones is 1. The molecule has 0 saturated carbocycles. The van der Waals surface area contributed by atoms with Crippen LogP contribution in [0.5, 0.6) is 0 Å². The lowest BCUT2D eigenvalue weighted by atomic mass is 10.3. The number of Topliss-reactive ketones (excluding diaryl/α,β-unsaturated/α-hetero) is 1. The Kier molecular flexibility index (Phi) is 4.60. The quantitative estimate of drug-likeness (QED) is 0.849. The van der Waals surface area contributed by atoms with Crippen molar-refractivity contribution in [1.29, 1.82) is 0 Å². The Balaban J connectivity index is 2.03. The number of nitrogens with zero attached hydrogens (tertiary/aromatic N) is 2. The summed E-state index contributed by atoms with van der Waals surface area (Å²) in [5, 5.41) is 4.23. The van der Waals surface area contributed by atoms with Crippen LogP contribution in [-0.2, 0) is 11.2 Å². The number of alkyl halides is 2. The Hall–Kier alpha value is -0.630. The number of aromatic nitrogens is 2. The van der Waals surface area contributed by atoms with Gasteiger partial charge in [0.25, 0.3) is 6.43 Å². The predicted molar refractivity (Wildman–Crippen MR) is 66.1 cm³/mol. The van der Waals surface area contributed by atoms with E-state index in [0.717, 1.165) is 11.5 Å². The van der Waals surface area contributed by atoms with E-state index >= 15 is 0 Å². The van der Waals surface area contributed by atoms with E-state index in [-0.39, 0.29) is 11.1 Å². The molecule has 2 atom stereocenters. The molecule has 0 spiro atoms. The minimum atomic E-state index is -2.99. The van der Waals surface area contributed by atoms with Crippen molar-refractivity contribution in [2.45, 2.75) is 30.3 Å². The molecule has 0 amide bonds. The predicted octanol–water partition coefficient (Wildman–Crippen LogP) is 2.36. The van der Waals surface area contributed by atoms with Crippen LogP contribution in [0, 0.1) is 0 Å². The molecule has 1 aromatic heterocycles. The standard InChI is InChI=1S/C10H12F2N2O2S2/c1-5-8(18-3-2-17-5)10-13-7(16-14-10)4-6(15)9(11)12/h5,8-9H,2-4H2,1H3. The maximum absolute atomic E-state index is 12.1. The third-order valence-electron chi connectivity index (χ3n) is 2.49. The van der Waals surface area contributed by atoms with E-state index < -0.39 is 18.6 Å². The van der Waals surface area contributed by atoms with Gasteiger partial charge < -0.3 is 4.52 Å². The van der Waals surface area contributed by atoms with Gasteiger partial charge in [-0.1, -0.05) is 12.1 Å². The fourth-order valence-corrected chi connectivity index (χ4v) is 4.28. The van der Waals surface area contributed by atoms with E-state index in [1.807, 2.05) is 11.8 Å². The van der Waals surface area contributed by atoms with Gasteiger partial charge in [-0.2, -0.15) is 16.7 Å². The molecule has 0 aromatic carbocycles. The lowest BCUT2D eigenvalue weighted by molar-refractivity contribution is -0.129. The summed E-state index contributed by atoms with van der Waals surface area (Å²) in [7, 11) is 0. The molecule has 1 aliphatic heterocycles. The van der Waals surface area contributed by atoms with Crippen molar-refractivity contribution < 1.29 is 18.1 Å². The fraction of sp³-hybridized carbons (Fsp3) is 0.700. The van der Waals surface area contributed by atoms with Crippen LogP contribution in [0.25, 0.3) is 0 Å². The van der Waals surface area contributed by atoms with Crippen LogP contribution in [0.3, 0.4) is 0 Å². The third-order valence-corrected chi connectivity index (χ3v) is 5.58. The van der Waals surface area contributed by atoms with Gasteiger partial charge >= 0.3 is 0 Å². The smallest absolute Gasteiger partial charge is 0.296 e. The molecule has 8 heteroatoms. The first-order valence-corrected chi connectivity index (χ1v) is 7.54. The summed E-state index contributed by atoms with van der Waals surface area (Å²) < 4.78 is 29.0. The summed E-state index contributed by atoms with van der Waals surface area (Å²) >= 11 is 3.54. The highest BCUT2D eigenvalue weighted by molar-refractivity contribution is 8.06. The van der Waals surface area contributed by atoms with E-state index in [9.17, 15) is 13.6 Å². The van der Waals surface area contributed by atoms with Crippen molar-refractivity contribution in [2.75, 3.05) is 11.5 Å². The molecular formula is C10H12F2N2O2S2. The van der Waals surface area contributed by atoms with Crippen LogP contribution < -0.4 is 0 Å². The minimum Gasteiger partial charge on any atom is -0.339 e. The lowest BCUT2D eigenvalue weighted by Gasteiger charge is -2.24. The molecule has 2 heterocycles. The van der Waals surface area contributed by atoms with Gasteiger partial charge in [-0.25, -0.2) is 8.78 Å². The maximum atomic E-state index is 12.1. The van der Waals surface area contributed by atoms with Crippen LogP contribution >= 0.6 is 23.5 Å². The van der Waals surface area contributed by atoms with E-state index in [2.05, 4.69) is 17.1 Å². The number of hydrogen-bond acceptors (Lipinski definition) is 6. The van der Waals surface area contributed by atoms with Crippen molar-refractivity contribution in [2.24, 2.45) is 0 Å². The molecule has 0 radical (unpaired) electrons. The summed E-state index contributed by atoms with van der Waals surface area (Å²) in [5.74, 6) is 1.36. The van der Waals surface area contributed by atoms with Crippen molar-refractivity contribution in [3.05, 3.63) is 11.7 Å². The first-order valence-electron chi connectivity index (χ1n) is 5.44. The fourth-order valence-electron chi connectivity index (χ4n) is 1.60. The van der Waals surface area contributed by atoms with Crippen LogP contribution in [0.2, 0.25) is 0 Å². The minimum absolute atomic E-state index is 0.0290. The van der Waals surface area contributed by atoms with Gasteiger partial charge in [-0.15, -0.1) is 11.8 Å². The Labute approximate surface area is 111 Å². The molecule has 4 nitrogen and oxygen atoms in total. The van der Waals surface area contributed by atoms with Gasteiger partial charge in [0.1, 0.15) is 0 Å². The van der Waals surface area contributed by atoms with Crippen molar-refractivity contribution >= 4 is 29.3 Å².